The van der Waals surface area contributed by atoms with Crippen molar-refractivity contribution in [1.82, 2.24) is 10.3 Å². The van der Waals surface area contributed by atoms with Gasteiger partial charge in [0.1, 0.15) is 5.76 Å². The summed E-state index contributed by atoms with van der Waals surface area (Å²) in [6.07, 6.45) is 3.54. The molecule has 1 aromatic heterocycles. The molecule has 1 N–H and O–H groups in total. The number of amides is 1. The summed E-state index contributed by atoms with van der Waals surface area (Å²) < 4.78 is 5.75. The quantitative estimate of drug-likeness (QED) is 0.449. The molecule has 1 heterocycles. The molecule has 4 nitrogen and oxygen atoms in total. The van der Waals surface area contributed by atoms with Crippen molar-refractivity contribution in [2.24, 2.45) is 0 Å². The minimum atomic E-state index is 0.0750. The molecule has 7 heteroatoms. The molecule has 148 valence electrons. The van der Waals surface area contributed by atoms with Gasteiger partial charge >= 0.3 is 0 Å². The van der Waals surface area contributed by atoms with Crippen molar-refractivity contribution in [2.45, 2.75) is 38.9 Å². The van der Waals surface area contributed by atoms with Crippen LogP contribution in [0.2, 0.25) is 5.02 Å². The predicted octanol–water partition coefficient (Wildman–Crippen LogP) is 5.58. The number of thioether (sulfide) groups is 2. The summed E-state index contributed by atoms with van der Waals surface area (Å²) in [6, 6.07) is 7.48. The van der Waals surface area contributed by atoms with E-state index in [1.54, 1.807) is 11.8 Å². The van der Waals surface area contributed by atoms with E-state index in [2.05, 4.69) is 17.2 Å². The molecular weight excluding hydrogens is 400 g/mol. The Kier molecular flexibility index (Phi) is 10.2. The van der Waals surface area contributed by atoms with Crippen molar-refractivity contribution in [1.29, 1.82) is 0 Å². The molecule has 0 spiro atoms. The number of oxazole rings is 1. The van der Waals surface area contributed by atoms with Crippen LogP contribution >= 0.6 is 35.1 Å². The number of unbranched alkanes of at least 4 members (excludes halogenated alkanes) is 1. The lowest BCUT2D eigenvalue weighted by atomic mass is 10.2. The van der Waals surface area contributed by atoms with Crippen LogP contribution in [-0.2, 0) is 10.5 Å². The first kappa shape index (κ1) is 22.2. The van der Waals surface area contributed by atoms with Crippen molar-refractivity contribution < 1.29 is 9.21 Å². The number of halogens is 1. The molecule has 0 saturated carbocycles. The van der Waals surface area contributed by atoms with Crippen LogP contribution in [0.1, 0.15) is 37.6 Å². The van der Waals surface area contributed by atoms with Crippen molar-refractivity contribution in [3.05, 3.63) is 40.7 Å². The molecular formula is C20H27ClN2O2S2. The van der Waals surface area contributed by atoms with E-state index in [0.29, 0.717) is 22.4 Å². The number of aryl methyl sites for hydroxylation is 1. The van der Waals surface area contributed by atoms with Gasteiger partial charge in [0.15, 0.2) is 0 Å². The highest BCUT2D eigenvalue weighted by molar-refractivity contribution is 7.99. The first-order valence-corrected chi connectivity index (χ1v) is 11.9. The Morgan fingerprint density at radius 2 is 2.00 bits per heavy atom. The van der Waals surface area contributed by atoms with Gasteiger partial charge < -0.3 is 9.73 Å². The van der Waals surface area contributed by atoms with Crippen LogP contribution in [0.4, 0.5) is 0 Å². The Morgan fingerprint density at radius 1 is 1.22 bits per heavy atom. The van der Waals surface area contributed by atoms with Gasteiger partial charge in [-0.3, -0.25) is 4.79 Å². The Morgan fingerprint density at radius 3 is 2.78 bits per heavy atom. The summed E-state index contributed by atoms with van der Waals surface area (Å²) >= 11 is 9.71. The molecule has 0 radical (unpaired) electrons. The fraction of sp³-hybridized carbons (Fsp3) is 0.500. The molecule has 0 saturated heterocycles. The zero-order valence-corrected chi connectivity index (χ0v) is 18.3. The topological polar surface area (TPSA) is 55.1 Å². The smallest absolute Gasteiger partial charge is 0.230 e. The Labute approximate surface area is 175 Å². The van der Waals surface area contributed by atoms with E-state index < -0.39 is 0 Å². The number of carbonyl (C=O) groups excluding carboxylic acids is 1. The van der Waals surface area contributed by atoms with Crippen molar-refractivity contribution >= 4 is 41.0 Å². The number of nitrogens with zero attached hydrogens (tertiary/aromatic N) is 1. The molecule has 0 atom stereocenters. The average molecular weight is 427 g/mol. The number of hydrogen-bond acceptors (Lipinski definition) is 5. The molecule has 1 aromatic carbocycles. The number of rotatable bonds is 12. The summed E-state index contributed by atoms with van der Waals surface area (Å²) in [5.41, 5.74) is 1.64. The monoisotopic (exact) mass is 426 g/mol. The average Bonchev–Trinajstić information content (AvgIpc) is 3.02. The lowest BCUT2D eigenvalue weighted by Gasteiger charge is -2.05. The minimum absolute atomic E-state index is 0.0750. The summed E-state index contributed by atoms with van der Waals surface area (Å²) in [6.45, 7) is 4.84. The fourth-order valence-corrected chi connectivity index (χ4v) is 4.47. The highest BCUT2D eigenvalue weighted by Gasteiger charge is 2.14. The lowest BCUT2D eigenvalue weighted by molar-refractivity contribution is -0.118. The van der Waals surface area contributed by atoms with Gasteiger partial charge in [0.25, 0.3) is 0 Å². The van der Waals surface area contributed by atoms with E-state index in [1.807, 2.05) is 43.0 Å². The maximum absolute atomic E-state index is 11.9. The molecule has 2 aromatic rings. The maximum atomic E-state index is 11.9. The molecule has 0 fully saturated rings. The molecule has 1 amide bonds. The third-order valence-corrected chi connectivity index (χ3v) is 6.33. The van der Waals surface area contributed by atoms with E-state index in [0.717, 1.165) is 35.7 Å². The molecule has 0 unspecified atom stereocenters. The van der Waals surface area contributed by atoms with Crippen LogP contribution < -0.4 is 5.32 Å². The van der Waals surface area contributed by atoms with E-state index in [1.165, 1.54) is 18.6 Å². The van der Waals surface area contributed by atoms with Crippen LogP contribution in [0.15, 0.2) is 28.7 Å². The van der Waals surface area contributed by atoms with Gasteiger partial charge in [0, 0.05) is 12.3 Å². The fourth-order valence-electron chi connectivity index (χ4n) is 2.35. The van der Waals surface area contributed by atoms with E-state index in [-0.39, 0.29) is 5.91 Å². The Bertz CT molecular complexity index is 722. The molecule has 0 aliphatic rings. The molecule has 27 heavy (non-hydrogen) atoms. The Balaban J connectivity index is 1.68. The van der Waals surface area contributed by atoms with Gasteiger partial charge in [0.2, 0.25) is 11.8 Å². The lowest BCUT2D eigenvalue weighted by Crippen LogP contribution is -2.26. The standard InChI is InChI=1S/C20H27ClN2O2S2/c1-3-4-11-26-12-7-10-22-19(24)14-27-13-18-15(2)25-20(23-18)16-8-5-6-9-17(16)21/h5-6,8-9H,3-4,7,10-14H2,1-2H3,(H,22,24). The summed E-state index contributed by atoms with van der Waals surface area (Å²) in [5.74, 6) is 4.76. The zero-order valence-electron chi connectivity index (χ0n) is 15.9. The van der Waals surface area contributed by atoms with Crippen LogP contribution in [0.5, 0.6) is 0 Å². The van der Waals surface area contributed by atoms with Gasteiger partial charge in [0.05, 0.1) is 22.0 Å². The highest BCUT2D eigenvalue weighted by atomic mass is 35.5. The first-order chi connectivity index (χ1) is 13.1. The van der Waals surface area contributed by atoms with Crippen molar-refractivity contribution in [2.75, 3.05) is 23.8 Å². The SMILES string of the molecule is CCCCSCCCNC(=O)CSCc1nc(-c2ccccc2Cl)oc1C. The largest absolute Gasteiger partial charge is 0.441 e. The van der Waals surface area contributed by atoms with Crippen LogP contribution in [0, 0.1) is 6.92 Å². The maximum Gasteiger partial charge on any atom is 0.230 e. The second kappa shape index (κ2) is 12.4. The van der Waals surface area contributed by atoms with Gasteiger partial charge in [-0.05, 0) is 43.4 Å². The third kappa shape index (κ3) is 7.80. The molecule has 0 aliphatic heterocycles. The molecule has 0 aliphatic carbocycles. The van der Waals surface area contributed by atoms with E-state index in [4.69, 9.17) is 16.0 Å². The van der Waals surface area contributed by atoms with Crippen molar-refractivity contribution in [3.63, 3.8) is 0 Å². The summed E-state index contributed by atoms with van der Waals surface area (Å²) in [4.78, 5) is 16.5. The highest BCUT2D eigenvalue weighted by Crippen LogP contribution is 2.29. The van der Waals surface area contributed by atoms with Gasteiger partial charge in [-0.2, -0.15) is 11.8 Å². The minimum Gasteiger partial charge on any atom is -0.441 e. The molecule has 0 bridgehead atoms. The number of benzene rings is 1. The van der Waals surface area contributed by atoms with Gasteiger partial charge in [-0.25, -0.2) is 4.98 Å². The van der Waals surface area contributed by atoms with Crippen LogP contribution in [-0.4, -0.2) is 34.7 Å². The van der Waals surface area contributed by atoms with Crippen LogP contribution in [0.3, 0.4) is 0 Å². The summed E-state index contributed by atoms with van der Waals surface area (Å²) in [7, 11) is 0. The van der Waals surface area contributed by atoms with Gasteiger partial charge in [-0.1, -0.05) is 37.1 Å². The van der Waals surface area contributed by atoms with E-state index >= 15 is 0 Å². The van der Waals surface area contributed by atoms with Gasteiger partial charge in [-0.15, -0.1) is 11.8 Å². The second-order valence-corrected chi connectivity index (χ2v) is 8.78. The Hall–Kier alpha value is -1.11. The number of carbonyl (C=O) groups is 1. The van der Waals surface area contributed by atoms with Crippen LogP contribution in [0.25, 0.3) is 11.5 Å². The number of aromatic nitrogens is 1. The summed E-state index contributed by atoms with van der Waals surface area (Å²) in [5, 5.41) is 3.59. The second-order valence-electron chi connectivity index (χ2n) is 6.16. The normalized spacial score (nSPS) is 10.9. The number of nitrogens with one attached hydrogen (secondary N) is 1. The van der Waals surface area contributed by atoms with E-state index in [9.17, 15) is 4.79 Å². The first-order valence-electron chi connectivity index (χ1n) is 9.25. The third-order valence-electron chi connectivity index (χ3n) is 3.90. The molecule has 2 rings (SSSR count). The van der Waals surface area contributed by atoms with Crippen molar-refractivity contribution in [3.8, 4) is 11.5 Å². The zero-order chi connectivity index (χ0) is 19.5. The number of hydrogen-bond donors (Lipinski definition) is 1. The predicted molar refractivity (Wildman–Crippen MR) is 118 cm³/mol.